The molecule has 7 nitrogen and oxygen atoms in total. The van der Waals surface area contributed by atoms with Crippen molar-refractivity contribution in [3.05, 3.63) is 0 Å². The minimum atomic E-state index is -1.59. The van der Waals surface area contributed by atoms with E-state index in [2.05, 4.69) is 0 Å². The average Bonchev–Trinajstić information content (AvgIpc) is 2.51. The lowest BCUT2D eigenvalue weighted by Crippen LogP contribution is -2.61. The predicted molar refractivity (Wildman–Crippen MR) is 69.4 cm³/mol. The number of carboxylic acid groups (broad SMARTS) is 2. The van der Waals surface area contributed by atoms with E-state index in [1.165, 1.54) is 13.8 Å². The van der Waals surface area contributed by atoms with Gasteiger partial charge in [-0.15, -0.1) is 0 Å². The molecule has 20 heavy (non-hydrogen) atoms. The van der Waals surface area contributed by atoms with Gasteiger partial charge in [0, 0.05) is 0 Å². The molecule has 0 bridgehead atoms. The molecule has 0 aromatic rings. The summed E-state index contributed by atoms with van der Waals surface area (Å²) >= 11 is 0. The molecule has 1 aliphatic rings. The van der Waals surface area contributed by atoms with Gasteiger partial charge in [0.2, 0.25) is 0 Å². The molecule has 7 heteroatoms. The Morgan fingerprint density at radius 1 is 1.00 bits per heavy atom. The maximum atomic E-state index is 12.3. The summed E-state index contributed by atoms with van der Waals surface area (Å²) < 4.78 is 5.17. The topological polar surface area (TPSA) is 104 Å². The number of rotatable bonds is 2. The number of nitrogens with zero attached hydrogens (tertiary/aromatic N) is 1. The van der Waals surface area contributed by atoms with Gasteiger partial charge in [-0.2, -0.15) is 0 Å². The van der Waals surface area contributed by atoms with E-state index >= 15 is 0 Å². The van der Waals surface area contributed by atoms with E-state index < -0.39 is 34.7 Å². The second-order valence-electron chi connectivity index (χ2n) is 6.47. The summed E-state index contributed by atoms with van der Waals surface area (Å²) in [7, 11) is 0. The number of amides is 1. The number of carbonyl (C=O) groups is 3. The second kappa shape index (κ2) is 4.64. The number of carbonyl (C=O) groups excluding carboxylic acids is 1. The highest BCUT2D eigenvalue weighted by Crippen LogP contribution is 2.42. The standard InChI is InChI=1S/C13H21NO6/c1-11(2,3)20-10(19)14-12(4,8(15)16)6-7-13(14,5)9(17)18/h6-7H2,1-5H3,(H,15,16)(H,17,18). The third kappa shape index (κ3) is 2.57. The van der Waals surface area contributed by atoms with Crippen molar-refractivity contribution in [2.45, 2.75) is 64.1 Å². The fourth-order valence-electron chi connectivity index (χ4n) is 2.37. The fourth-order valence-corrected chi connectivity index (χ4v) is 2.37. The number of likely N-dealkylation sites (tertiary alicyclic amines) is 1. The zero-order valence-electron chi connectivity index (χ0n) is 12.4. The monoisotopic (exact) mass is 287 g/mol. The third-order valence-electron chi connectivity index (χ3n) is 3.58. The van der Waals surface area contributed by atoms with Crippen LogP contribution in [0.4, 0.5) is 4.79 Å². The summed E-state index contributed by atoms with van der Waals surface area (Å²) in [5.74, 6) is -2.48. The van der Waals surface area contributed by atoms with Crippen molar-refractivity contribution in [3.63, 3.8) is 0 Å². The minimum Gasteiger partial charge on any atom is -0.480 e. The van der Waals surface area contributed by atoms with E-state index in [9.17, 15) is 24.6 Å². The van der Waals surface area contributed by atoms with E-state index in [1.807, 2.05) is 0 Å². The smallest absolute Gasteiger partial charge is 0.412 e. The van der Waals surface area contributed by atoms with Gasteiger partial charge in [-0.3, -0.25) is 4.90 Å². The first-order valence-corrected chi connectivity index (χ1v) is 6.35. The molecule has 1 saturated heterocycles. The summed E-state index contributed by atoms with van der Waals surface area (Å²) in [4.78, 5) is 36.1. The number of hydrogen-bond acceptors (Lipinski definition) is 4. The Morgan fingerprint density at radius 3 is 1.60 bits per heavy atom. The van der Waals surface area contributed by atoms with Crippen molar-refractivity contribution in [1.29, 1.82) is 0 Å². The first-order valence-electron chi connectivity index (χ1n) is 6.35. The maximum Gasteiger partial charge on any atom is 0.412 e. The van der Waals surface area contributed by atoms with E-state index in [0.29, 0.717) is 0 Å². The summed E-state index contributed by atoms with van der Waals surface area (Å²) in [5.41, 5.74) is -4.01. The highest BCUT2D eigenvalue weighted by atomic mass is 16.6. The van der Waals surface area contributed by atoms with Crippen molar-refractivity contribution in [2.75, 3.05) is 0 Å². The lowest BCUT2D eigenvalue weighted by atomic mass is 9.98. The van der Waals surface area contributed by atoms with Gasteiger partial charge >= 0.3 is 18.0 Å². The van der Waals surface area contributed by atoms with Crippen LogP contribution in [-0.2, 0) is 14.3 Å². The van der Waals surface area contributed by atoms with Crippen LogP contribution in [-0.4, -0.2) is 49.8 Å². The van der Waals surface area contributed by atoms with Gasteiger partial charge in [-0.25, -0.2) is 14.4 Å². The minimum absolute atomic E-state index is 0.0599. The van der Waals surface area contributed by atoms with Crippen LogP contribution in [0.25, 0.3) is 0 Å². The van der Waals surface area contributed by atoms with Crippen molar-refractivity contribution in [1.82, 2.24) is 4.90 Å². The van der Waals surface area contributed by atoms with Crippen LogP contribution in [0.5, 0.6) is 0 Å². The lowest BCUT2D eigenvalue weighted by Gasteiger charge is -2.39. The summed E-state index contributed by atoms with van der Waals surface area (Å²) in [6, 6.07) is 0. The van der Waals surface area contributed by atoms with Crippen molar-refractivity contribution < 1.29 is 29.3 Å². The van der Waals surface area contributed by atoms with Crippen molar-refractivity contribution >= 4 is 18.0 Å². The SMILES string of the molecule is CC(C)(C)OC(=O)N1C(C)(C(=O)O)CCC1(C)C(=O)O. The highest BCUT2D eigenvalue weighted by molar-refractivity contribution is 5.92. The van der Waals surface area contributed by atoms with Gasteiger partial charge in [0.05, 0.1) is 0 Å². The van der Waals surface area contributed by atoms with Crippen LogP contribution in [0.1, 0.15) is 47.5 Å². The van der Waals surface area contributed by atoms with Gasteiger partial charge in [0.15, 0.2) is 0 Å². The molecule has 114 valence electrons. The number of aliphatic carboxylic acids is 2. The number of hydrogen-bond donors (Lipinski definition) is 2. The van der Waals surface area contributed by atoms with Crippen LogP contribution >= 0.6 is 0 Å². The Hall–Kier alpha value is -1.79. The Labute approximate surface area is 117 Å². The summed E-state index contributed by atoms with van der Waals surface area (Å²) in [6.07, 6.45) is -0.806. The molecule has 1 rings (SSSR count). The Balaban J connectivity index is 3.26. The van der Waals surface area contributed by atoms with Gasteiger partial charge in [-0.05, 0) is 47.5 Å². The van der Waals surface area contributed by atoms with E-state index in [4.69, 9.17) is 4.74 Å². The fraction of sp³-hybridized carbons (Fsp3) is 0.769. The Morgan fingerprint density at radius 2 is 1.35 bits per heavy atom. The molecule has 1 heterocycles. The molecule has 0 spiro atoms. The van der Waals surface area contributed by atoms with Gasteiger partial charge < -0.3 is 14.9 Å². The molecule has 0 aromatic carbocycles. The molecule has 2 atom stereocenters. The molecule has 2 N–H and O–H groups in total. The van der Waals surface area contributed by atoms with Crippen molar-refractivity contribution in [2.24, 2.45) is 0 Å². The highest BCUT2D eigenvalue weighted by Gasteiger charge is 2.61. The van der Waals surface area contributed by atoms with E-state index in [0.717, 1.165) is 4.90 Å². The first-order chi connectivity index (χ1) is 8.84. The van der Waals surface area contributed by atoms with Crippen LogP contribution in [0.2, 0.25) is 0 Å². The maximum absolute atomic E-state index is 12.3. The molecule has 0 radical (unpaired) electrons. The third-order valence-corrected chi connectivity index (χ3v) is 3.58. The van der Waals surface area contributed by atoms with Gasteiger partial charge in [0.1, 0.15) is 16.7 Å². The molecule has 0 aliphatic carbocycles. The lowest BCUT2D eigenvalue weighted by molar-refractivity contribution is -0.157. The Bertz CT molecular complexity index is 426. The van der Waals surface area contributed by atoms with Crippen LogP contribution < -0.4 is 0 Å². The summed E-state index contributed by atoms with van der Waals surface area (Å²) in [6.45, 7) is 7.59. The molecule has 0 aromatic heterocycles. The largest absolute Gasteiger partial charge is 0.480 e. The average molecular weight is 287 g/mol. The molecule has 1 aliphatic heterocycles. The van der Waals surface area contributed by atoms with Crippen LogP contribution in [0, 0.1) is 0 Å². The molecule has 1 fully saturated rings. The predicted octanol–water partition coefficient (Wildman–Crippen LogP) is 1.70. The molecular weight excluding hydrogens is 266 g/mol. The van der Waals surface area contributed by atoms with Crippen LogP contribution in [0.3, 0.4) is 0 Å². The zero-order chi connectivity index (χ0) is 15.9. The normalized spacial score (nSPS) is 30.1. The van der Waals surface area contributed by atoms with Gasteiger partial charge in [0.25, 0.3) is 0 Å². The second-order valence-corrected chi connectivity index (χ2v) is 6.47. The van der Waals surface area contributed by atoms with Gasteiger partial charge in [-0.1, -0.05) is 0 Å². The van der Waals surface area contributed by atoms with Crippen LogP contribution in [0.15, 0.2) is 0 Å². The molecule has 2 unspecified atom stereocenters. The Kier molecular flexibility index (Phi) is 3.78. The molecule has 0 saturated carbocycles. The zero-order valence-corrected chi connectivity index (χ0v) is 12.4. The molecular formula is C13H21NO6. The van der Waals surface area contributed by atoms with E-state index in [1.54, 1.807) is 20.8 Å². The van der Waals surface area contributed by atoms with Crippen molar-refractivity contribution in [3.8, 4) is 0 Å². The van der Waals surface area contributed by atoms with E-state index in [-0.39, 0.29) is 12.8 Å². The quantitative estimate of drug-likeness (QED) is 0.801. The summed E-state index contributed by atoms with van der Waals surface area (Å²) in [5, 5.41) is 18.7. The number of carboxylic acids is 2. The first kappa shape index (κ1) is 16.3. The number of ether oxygens (including phenoxy) is 1. The molecule has 1 amide bonds.